The lowest BCUT2D eigenvalue weighted by molar-refractivity contribution is 0.577. The Labute approximate surface area is 104 Å². The van der Waals surface area contributed by atoms with Crippen LogP contribution >= 0.6 is 0 Å². The molecule has 0 bridgehead atoms. The van der Waals surface area contributed by atoms with E-state index in [2.05, 4.69) is 35.2 Å². The third-order valence-corrected chi connectivity index (χ3v) is 3.49. The highest BCUT2D eigenvalue weighted by molar-refractivity contribution is 5.29. The first-order chi connectivity index (χ1) is 8.15. The Morgan fingerprint density at radius 3 is 2.65 bits per heavy atom. The smallest absolute Gasteiger partial charge is 0.223 e. The van der Waals surface area contributed by atoms with Crippen LogP contribution in [-0.4, -0.2) is 16.5 Å². The van der Waals surface area contributed by atoms with E-state index >= 15 is 0 Å². The highest BCUT2D eigenvalue weighted by atomic mass is 15.1. The SMILES string of the molecule is Cc1cc(C(C)C)nc(NCC2CCCC2)n1. The summed E-state index contributed by atoms with van der Waals surface area (Å²) in [6, 6.07) is 2.07. The zero-order valence-corrected chi connectivity index (χ0v) is 11.2. The number of anilines is 1. The number of aromatic nitrogens is 2. The van der Waals surface area contributed by atoms with Gasteiger partial charge in [0.15, 0.2) is 0 Å². The fourth-order valence-corrected chi connectivity index (χ4v) is 2.42. The molecule has 1 heterocycles. The molecule has 1 fully saturated rings. The third-order valence-electron chi connectivity index (χ3n) is 3.49. The number of hydrogen-bond donors (Lipinski definition) is 1. The van der Waals surface area contributed by atoms with Gasteiger partial charge in [-0.05, 0) is 37.7 Å². The van der Waals surface area contributed by atoms with Gasteiger partial charge < -0.3 is 5.32 Å². The van der Waals surface area contributed by atoms with Crippen LogP contribution in [-0.2, 0) is 0 Å². The summed E-state index contributed by atoms with van der Waals surface area (Å²) < 4.78 is 0. The molecule has 1 aliphatic rings. The molecule has 17 heavy (non-hydrogen) atoms. The molecule has 1 saturated carbocycles. The third kappa shape index (κ3) is 3.42. The van der Waals surface area contributed by atoms with E-state index in [1.807, 2.05) is 6.92 Å². The van der Waals surface area contributed by atoms with Gasteiger partial charge in [0, 0.05) is 17.9 Å². The van der Waals surface area contributed by atoms with Gasteiger partial charge in [-0.15, -0.1) is 0 Å². The van der Waals surface area contributed by atoms with E-state index in [9.17, 15) is 0 Å². The number of rotatable bonds is 4. The van der Waals surface area contributed by atoms with Crippen molar-refractivity contribution in [2.75, 3.05) is 11.9 Å². The lowest BCUT2D eigenvalue weighted by Crippen LogP contribution is -2.14. The second kappa shape index (κ2) is 5.48. The second-order valence-corrected chi connectivity index (χ2v) is 5.44. The summed E-state index contributed by atoms with van der Waals surface area (Å²) in [5.74, 6) is 2.09. The lowest BCUT2D eigenvalue weighted by atomic mass is 10.1. The van der Waals surface area contributed by atoms with E-state index < -0.39 is 0 Å². The lowest BCUT2D eigenvalue weighted by Gasteiger charge is -2.13. The molecule has 3 nitrogen and oxygen atoms in total. The van der Waals surface area contributed by atoms with Crippen LogP contribution in [0.2, 0.25) is 0 Å². The van der Waals surface area contributed by atoms with E-state index in [0.29, 0.717) is 5.92 Å². The molecular weight excluding hydrogens is 210 g/mol. The molecule has 1 aliphatic carbocycles. The molecule has 1 N–H and O–H groups in total. The van der Waals surface area contributed by atoms with Crippen LogP contribution in [0.15, 0.2) is 6.07 Å². The standard InChI is InChI=1S/C14H23N3/c1-10(2)13-8-11(3)16-14(17-13)15-9-12-6-4-5-7-12/h8,10,12H,4-7,9H2,1-3H3,(H,15,16,17). The largest absolute Gasteiger partial charge is 0.354 e. The summed E-state index contributed by atoms with van der Waals surface area (Å²) in [7, 11) is 0. The van der Waals surface area contributed by atoms with Gasteiger partial charge >= 0.3 is 0 Å². The molecule has 3 heteroatoms. The number of nitrogens with zero attached hydrogens (tertiary/aromatic N) is 2. The number of nitrogens with one attached hydrogen (secondary N) is 1. The normalized spacial score (nSPS) is 16.7. The molecular formula is C14H23N3. The van der Waals surface area contributed by atoms with Crippen molar-refractivity contribution >= 4 is 5.95 Å². The van der Waals surface area contributed by atoms with Crippen molar-refractivity contribution in [3.05, 3.63) is 17.5 Å². The van der Waals surface area contributed by atoms with Crippen LogP contribution in [0, 0.1) is 12.8 Å². The molecule has 0 aliphatic heterocycles. The van der Waals surface area contributed by atoms with Gasteiger partial charge in [0.1, 0.15) is 0 Å². The molecule has 1 aromatic heterocycles. The van der Waals surface area contributed by atoms with Crippen molar-refractivity contribution < 1.29 is 0 Å². The first-order valence-corrected chi connectivity index (χ1v) is 6.74. The Hall–Kier alpha value is -1.12. The molecule has 0 atom stereocenters. The van der Waals surface area contributed by atoms with E-state index in [-0.39, 0.29) is 0 Å². The summed E-state index contributed by atoms with van der Waals surface area (Å²) in [5, 5.41) is 3.40. The minimum atomic E-state index is 0.462. The average Bonchev–Trinajstić information content (AvgIpc) is 2.78. The Bertz CT molecular complexity index is 368. The maximum atomic E-state index is 4.57. The minimum absolute atomic E-state index is 0.462. The summed E-state index contributed by atoms with van der Waals surface area (Å²) in [6.45, 7) is 7.40. The highest BCUT2D eigenvalue weighted by Gasteiger charge is 2.15. The number of hydrogen-bond acceptors (Lipinski definition) is 3. The molecule has 2 rings (SSSR count). The Morgan fingerprint density at radius 1 is 1.29 bits per heavy atom. The van der Waals surface area contributed by atoms with Crippen molar-refractivity contribution in [2.45, 2.75) is 52.4 Å². The zero-order chi connectivity index (χ0) is 12.3. The molecule has 0 unspecified atom stereocenters. The van der Waals surface area contributed by atoms with Gasteiger partial charge in [0.05, 0.1) is 0 Å². The molecule has 0 aromatic carbocycles. The van der Waals surface area contributed by atoms with Gasteiger partial charge in [0.25, 0.3) is 0 Å². The van der Waals surface area contributed by atoms with Crippen LogP contribution in [0.3, 0.4) is 0 Å². The first kappa shape index (κ1) is 12.3. The molecule has 0 spiro atoms. The van der Waals surface area contributed by atoms with E-state index in [1.54, 1.807) is 0 Å². The first-order valence-electron chi connectivity index (χ1n) is 6.74. The maximum absolute atomic E-state index is 4.57. The van der Waals surface area contributed by atoms with Crippen molar-refractivity contribution in [3.8, 4) is 0 Å². The second-order valence-electron chi connectivity index (χ2n) is 5.44. The summed E-state index contributed by atoms with van der Waals surface area (Å²) in [4.78, 5) is 9.03. The van der Waals surface area contributed by atoms with Crippen molar-refractivity contribution in [2.24, 2.45) is 5.92 Å². The van der Waals surface area contributed by atoms with Crippen molar-refractivity contribution in [1.29, 1.82) is 0 Å². The van der Waals surface area contributed by atoms with Gasteiger partial charge in [-0.2, -0.15) is 0 Å². The predicted octanol–water partition coefficient (Wildman–Crippen LogP) is 3.51. The average molecular weight is 233 g/mol. The highest BCUT2D eigenvalue weighted by Crippen LogP contribution is 2.24. The van der Waals surface area contributed by atoms with Gasteiger partial charge in [-0.3, -0.25) is 0 Å². The fraction of sp³-hybridized carbons (Fsp3) is 0.714. The fourth-order valence-electron chi connectivity index (χ4n) is 2.42. The van der Waals surface area contributed by atoms with Gasteiger partial charge in [-0.25, -0.2) is 9.97 Å². The van der Waals surface area contributed by atoms with E-state index in [0.717, 1.165) is 29.8 Å². The predicted molar refractivity (Wildman–Crippen MR) is 71.3 cm³/mol. The Morgan fingerprint density at radius 2 is 2.00 bits per heavy atom. The summed E-state index contributed by atoms with van der Waals surface area (Å²) >= 11 is 0. The summed E-state index contributed by atoms with van der Waals surface area (Å²) in [6.07, 6.45) is 5.49. The monoisotopic (exact) mass is 233 g/mol. The molecule has 1 aromatic rings. The molecule has 0 saturated heterocycles. The van der Waals surface area contributed by atoms with Crippen molar-refractivity contribution in [1.82, 2.24) is 9.97 Å². The quantitative estimate of drug-likeness (QED) is 0.864. The van der Waals surface area contributed by atoms with Crippen molar-refractivity contribution in [3.63, 3.8) is 0 Å². The topological polar surface area (TPSA) is 37.8 Å². The van der Waals surface area contributed by atoms with Crippen LogP contribution < -0.4 is 5.32 Å². The van der Waals surface area contributed by atoms with Gasteiger partial charge in [-0.1, -0.05) is 26.7 Å². The Kier molecular flexibility index (Phi) is 3.97. The van der Waals surface area contributed by atoms with Crippen LogP contribution in [0.1, 0.15) is 56.8 Å². The van der Waals surface area contributed by atoms with E-state index in [4.69, 9.17) is 0 Å². The van der Waals surface area contributed by atoms with E-state index in [1.165, 1.54) is 25.7 Å². The zero-order valence-electron chi connectivity index (χ0n) is 11.2. The molecule has 0 radical (unpaired) electrons. The van der Waals surface area contributed by atoms with Crippen LogP contribution in [0.5, 0.6) is 0 Å². The Balaban J connectivity index is 1.99. The summed E-state index contributed by atoms with van der Waals surface area (Å²) in [5.41, 5.74) is 2.18. The van der Waals surface area contributed by atoms with Crippen LogP contribution in [0.25, 0.3) is 0 Å². The van der Waals surface area contributed by atoms with Gasteiger partial charge in [0.2, 0.25) is 5.95 Å². The molecule has 94 valence electrons. The number of aryl methyl sites for hydroxylation is 1. The minimum Gasteiger partial charge on any atom is -0.354 e. The molecule has 0 amide bonds. The van der Waals surface area contributed by atoms with Crippen LogP contribution in [0.4, 0.5) is 5.95 Å². The maximum Gasteiger partial charge on any atom is 0.223 e.